The number of hydrogen-bond acceptors (Lipinski definition) is 9. The first-order chi connectivity index (χ1) is 20.0. The highest BCUT2D eigenvalue weighted by atomic mass is 16.5. The molecule has 4 rings (SSSR count). The van der Waals surface area contributed by atoms with Crippen LogP contribution in [0.25, 0.3) is 22.2 Å². The maximum atomic E-state index is 13.9. The smallest absolute Gasteiger partial charge is 0.266 e. The molecule has 0 unspecified atom stereocenters. The molecule has 0 bridgehead atoms. The number of amides is 1. The third kappa shape index (κ3) is 6.92. The van der Waals surface area contributed by atoms with Crippen LogP contribution in [0.5, 0.6) is 11.5 Å². The molecule has 0 atom stereocenters. The molecule has 4 N–H and O–H groups in total. The predicted octanol–water partition coefficient (Wildman–Crippen LogP) is 3.89. The van der Waals surface area contributed by atoms with E-state index < -0.39 is 11.4 Å². The van der Waals surface area contributed by atoms with Gasteiger partial charge in [0.1, 0.15) is 28.8 Å². The Bertz CT molecular complexity index is 1740. The van der Waals surface area contributed by atoms with Gasteiger partial charge in [-0.05, 0) is 67.8 Å². The summed E-state index contributed by atoms with van der Waals surface area (Å²) in [6.07, 6.45) is 3.55. The van der Waals surface area contributed by atoms with Crippen molar-refractivity contribution in [3.8, 4) is 28.7 Å². The van der Waals surface area contributed by atoms with Gasteiger partial charge < -0.3 is 25.8 Å². The molecule has 0 fully saturated rings. The van der Waals surface area contributed by atoms with Gasteiger partial charge in [-0.1, -0.05) is 12.1 Å². The van der Waals surface area contributed by atoms with Crippen LogP contribution in [0.3, 0.4) is 0 Å². The molecule has 216 valence electrons. The van der Waals surface area contributed by atoms with E-state index in [0.717, 1.165) is 5.56 Å². The molecule has 0 radical (unpaired) electrons. The number of benzene rings is 2. The maximum absolute atomic E-state index is 13.9. The Morgan fingerprint density at radius 1 is 1.14 bits per heavy atom. The van der Waals surface area contributed by atoms with E-state index in [1.54, 1.807) is 88.3 Å². The number of nitriles is 1. The fraction of sp³-hybridized carbons (Fsp3) is 0.258. The zero-order valence-corrected chi connectivity index (χ0v) is 24.2. The first-order valence-corrected chi connectivity index (χ1v) is 13.2. The second kappa shape index (κ2) is 12.5. The van der Waals surface area contributed by atoms with Crippen LogP contribution in [-0.4, -0.2) is 47.2 Å². The third-order valence-electron chi connectivity index (χ3n) is 6.40. The molecular weight excluding hydrogens is 534 g/mol. The van der Waals surface area contributed by atoms with Gasteiger partial charge in [0.25, 0.3) is 11.5 Å². The predicted molar refractivity (Wildman–Crippen MR) is 163 cm³/mol. The number of nitrogens with two attached hydrogens (primary N) is 1. The van der Waals surface area contributed by atoms with Gasteiger partial charge in [-0.2, -0.15) is 10.2 Å². The number of ether oxygens (including phenoxy) is 2. The molecule has 11 nitrogen and oxygen atoms in total. The van der Waals surface area contributed by atoms with Crippen LogP contribution in [0.2, 0.25) is 0 Å². The SMILES string of the molecule is CNc1ncc2cc(-c3cc(OC)cc(OC)c3)c(=O)n(CCc3cccc(NC(=O)/C(C#N)=C/C(C)(C)N)c3)c2n1. The van der Waals surface area contributed by atoms with E-state index >= 15 is 0 Å². The summed E-state index contributed by atoms with van der Waals surface area (Å²) in [5, 5.41) is 15.8. The molecule has 0 saturated heterocycles. The van der Waals surface area contributed by atoms with Crippen LogP contribution >= 0.6 is 0 Å². The highest BCUT2D eigenvalue weighted by Crippen LogP contribution is 2.29. The standard InChI is InChI=1S/C31H33N7O4/c1-31(2,33)16-22(17-32)28(39)36-23-8-6-7-19(11-23)9-10-38-27-21(18-35-30(34-3)37-27)14-26(29(38)40)20-12-24(41-4)15-25(13-20)42-5/h6-8,11-16,18H,9-10,33H2,1-5H3,(H,36,39)(H,34,35,37)/b22-16+. The van der Waals surface area contributed by atoms with Crippen molar-refractivity contribution >= 4 is 28.6 Å². The van der Waals surface area contributed by atoms with Crippen molar-refractivity contribution in [2.45, 2.75) is 32.4 Å². The van der Waals surface area contributed by atoms with E-state index in [0.29, 0.717) is 58.3 Å². The molecule has 0 spiro atoms. The number of rotatable bonds is 10. The Labute approximate surface area is 243 Å². The summed E-state index contributed by atoms with van der Waals surface area (Å²) in [6.45, 7) is 3.70. The number of pyridine rings is 1. The summed E-state index contributed by atoms with van der Waals surface area (Å²) in [5.74, 6) is 0.951. The van der Waals surface area contributed by atoms with Crippen LogP contribution in [0.15, 0.2) is 71.2 Å². The summed E-state index contributed by atoms with van der Waals surface area (Å²) in [4.78, 5) is 35.5. The maximum Gasteiger partial charge on any atom is 0.266 e. The Hall–Kier alpha value is -5.21. The highest BCUT2D eigenvalue weighted by Gasteiger charge is 2.17. The molecule has 0 aliphatic rings. The molecule has 2 heterocycles. The number of carbonyl (C=O) groups is 1. The molecule has 1 amide bonds. The van der Waals surface area contributed by atoms with E-state index in [4.69, 9.17) is 15.2 Å². The number of methoxy groups -OCH3 is 2. The second-order valence-electron chi connectivity index (χ2n) is 10.2. The lowest BCUT2D eigenvalue weighted by molar-refractivity contribution is -0.112. The van der Waals surface area contributed by atoms with Gasteiger partial charge in [0.05, 0.1) is 14.2 Å². The van der Waals surface area contributed by atoms with Crippen molar-refractivity contribution in [3.63, 3.8) is 0 Å². The van der Waals surface area contributed by atoms with Crippen molar-refractivity contribution in [3.05, 3.63) is 82.3 Å². The number of carbonyl (C=O) groups excluding carboxylic acids is 1. The van der Waals surface area contributed by atoms with Crippen LogP contribution < -0.4 is 31.4 Å². The van der Waals surface area contributed by atoms with Gasteiger partial charge >= 0.3 is 0 Å². The minimum Gasteiger partial charge on any atom is -0.497 e. The summed E-state index contributed by atoms with van der Waals surface area (Å²) in [6, 6.07) is 16.2. The van der Waals surface area contributed by atoms with Gasteiger partial charge in [-0.15, -0.1) is 0 Å². The molecule has 11 heteroatoms. The van der Waals surface area contributed by atoms with E-state index in [9.17, 15) is 14.9 Å². The Balaban J connectivity index is 1.70. The van der Waals surface area contributed by atoms with E-state index in [1.807, 2.05) is 12.1 Å². The van der Waals surface area contributed by atoms with Gasteiger partial charge in [0, 0.05) is 48.0 Å². The minimum absolute atomic E-state index is 0.0723. The molecule has 2 aromatic heterocycles. The topological polar surface area (TPSA) is 157 Å². The number of fused-ring (bicyclic) bond motifs is 1. The van der Waals surface area contributed by atoms with Gasteiger partial charge in [0.2, 0.25) is 5.95 Å². The van der Waals surface area contributed by atoms with Crippen molar-refractivity contribution in [1.82, 2.24) is 14.5 Å². The molecule has 0 aliphatic heterocycles. The van der Waals surface area contributed by atoms with Crippen LogP contribution in [-0.2, 0) is 17.8 Å². The molecule has 42 heavy (non-hydrogen) atoms. The number of nitrogens with zero attached hydrogens (tertiary/aromatic N) is 4. The second-order valence-corrected chi connectivity index (χ2v) is 10.2. The molecule has 2 aromatic carbocycles. The van der Waals surface area contributed by atoms with Crippen molar-refractivity contribution < 1.29 is 14.3 Å². The lowest BCUT2D eigenvalue weighted by atomic mass is 10.0. The van der Waals surface area contributed by atoms with Gasteiger partial charge in [-0.25, -0.2) is 4.98 Å². The Morgan fingerprint density at radius 2 is 1.86 bits per heavy atom. The molecule has 0 saturated carbocycles. The van der Waals surface area contributed by atoms with Crippen LogP contribution in [0, 0.1) is 11.3 Å². The van der Waals surface area contributed by atoms with Crippen LogP contribution in [0.1, 0.15) is 19.4 Å². The number of aryl methyl sites for hydroxylation is 2. The van der Waals surface area contributed by atoms with Gasteiger partial charge in [-0.3, -0.25) is 14.2 Å². The summed E-state index contributed by atoms with van der Waals surface area (Å²) in [5.41, 5.74) is 7.76. The lowest BCUT2D eigenvalue weighted by Gasteiger charge is -2.15. The van der Waals surface area contributed by atoms with Crippen molar-refractivity contribution in [1.29, 1.82) is 5.26 Å². The average molecular weight is 568 g/mol. The highest BCUT2D eigenvalue weighted by molar-refractivity contribution is 6.06. The molecule has 4 aromatic rings. The minimum atomic E-state index is -0.818. The fourth-order valence-corrected chi connectivity index (χ4v) is 4.42. The third-order valence-corrected chi connectivity index (χ3v) is 6.40. The zero-order chi connectivity index (χ0) is 30.4. The van der Waals surface area contributed by atoms with E-state index in [-0.39, 0.29) is 11.1 Å². The fourth-order valence-electron chi connectivity index (χ4n) is 4.42. The molecular formula is C31H33N7O4. The van der Waals surface area contributed by atoms with Crippen molar-refractivity contribution in [2.75, 3.05) is 31.9 Å². The summed E-state index contributed by atoms with van der Waals surface area (Å²) < 4.78 is 12.4. The summed E-state index contributed by atoms with van der Waals surface area (Å²) >= 11 is 0. The number of anilines is 2. The van der Waals surface area contributed by atoms with E-state index in [1.165, 1.54) is 6.08 Å². The molecule has 0 aliphatic carbocycles. The largest absolute Gasteiger partial charge is 0.497 e. The monoisotopic (exact) mass is 567 g/mol. The first kappa shape index (κ1) is 29.8. The number of hydrogen-bond donors (Lipinski definition) is 3. The quantitative estimate of drug-likeness (QED) is 0.191. The van der Waals surface area contributed by atoms with E-state index in [2.05, 4.69) is 20.6 Å². The van der Waals surface area contributed by atoms with Crippen LogP contribution in [0.4, 0.5) is 11.6 Å². The Morgan fingerprint density at radius 3 is 2.48 bits per heavy atom. The summed E-state index contributed by atoms with van der Waals surface area (Å²) in [7, 11) is 4.82. The van der Waals surface area contributed by atoms with Crippen molar-refractivity contribution in [2.24, 2.45) is 5.73 Å². The lowest BCUT2D eigenvalue weighted by Crippen LogP contribution is -2.30. The average Bonchev–Trinajstić information content (AvgIpc) is 2.98. The number of nitrogens with one attached hydrogen (secondary N) is 2. The Kier molecular flexibility index (Phi) is 8.88. The zero-order valence-electron chi connectivity index (χ0n) is 24.2. The van der Waals surface area contributed by atoms with Gasteiger partial charge in [0.15, 0.2) is 0 Å². The number of aromatic nitrogens is 3. The first-order valence-electron chi connectivity index (χ1n) is 13.2. The normalized spacial score (nSPS) is 11.6.